The number of phenolic OH excluding ortho intramolecular Hbond substituents is 1. The van der Waals surface area contributed by atoms with E-state index >= 15 is 0 Å². The van der Waals surface area contributed by atoms with Crippen molar-refractivity contribution in [2.45, 2.75) is 0 Å². The molecule has 0 saturated heterocycles. The lowest BCUT2D eigenvalue weighted by atomic mass is 10.1. The SMILES string of the molecule is Oc1ccc(-c2csnn2)c(F)c1. The molecular formula is C8H5FN2OS. The molecule has 0 amide bonds. The first-order valence-electron chi connectivity index (χ1n) is 3.53. The van der Waals surface area contributed by atoms with Gasteiger partial charge in [-0.3, -0.25) is 0 Å². The Morgan fingerprint density at radius 1 is 1.38 bits per heavy atom. The van der Waals surface area contributed by atoms with Crippen LogP contribution in [0.1, 0.15) is 0 Å². The minimum Gasteiger partial charge on any atom is -0.508 e. The molecule has 1 heterocycles. The fourth-order valence-electron chi connectivity index (χ4n) is 0.994. The maximum Gasteiger partial charge on any atom is 0.136 e. The Kier molecular flexibility index (Phi) is 1.94. The molecule has 0 radical (unpaired) electrons. The molecule has 0 saturated carbocycles. The van der Waals surface area contributed by atoms with Gasteiger partial charge in [-0.15, -0.1) is 5.10 Å². The Labute approximate surface area is 77.6 Å². The minimum atomic E-state index is -0.493. The van der Waals surface area contributed by atoms with Crippen LogP contribution in [-0.2, 0) is 0 Å². The molecule has 0 fully saturated rings. The number of phenols is 1. The lowest BCUT2D eigenvalue weighted by Crippen LogP contribution is -1.83. The summed E-state index contributed by atoms with van der Waals surface area (Å²) in [6, 6.07) is 3.94. The molecule has 0 aliphatic carbocycles. The fraction of sp³-hybridized carbons (Fsp3) is 0. The first-order valence-corrected chi connectivity index (χ1v) is 4.37. The van der Waals surface area contributed by atoms with E-state index in [4.69, 9.17) is 5.11 Å². The van der Waals surface area contributed by atoms with Gasteiger partial charge in [-0.05, 0) is 23.7 Å². The smallest absolute Gasteiger partial charge is 0.136 e. The summed E-state index contributed by atoms with van der Waals surface area (Å²) in [4.78, 5) is 0. The fourth-order valence-corrected chi connectivity index (χ4v) is 1.45. The van der Waals surface area contributed by atoms with Gasteiger partial charge in [-0.25, -0.2) is 4.39 Å². The van der Waals surface area contributed by atoms with Crippen LogP contribution in [0, 0.1) is 5.82 Å². The molecule has 3 nitrogen and oxygen atoms in total. The average molecular weight is 196 g/mol. The molecule has 2 rings (SSSR count). The Morgan fingerprint density at radius 3 is 2.85 bits per heavy atom. The van der Waals surface area contributed by atoms with Crippen molar-refractivity contribution >= 4 is 11.5 Å². The van der Waals surface area contributed by atoms with Gasteiger partial charge in [-0.2, -0.15) is 0 Å². The standard InChI is InChI=1S/C8H5FN2OS/c9-7-3-5(12)1-2-6(7)8-4-13-11-10-8/h1-4,12H. The Bertz CT molecular complexity index is 416. The number of rotatable bonds is 1. The number of aromatic nitrogens is 2. The second-order valence-corrected chi connectivity index (χ2v) is 3.06. The van der Waals surface area contributed by atoms with E-state index in [1.807, 2.05) is 0 Å². The van der Waals surface area contributed by atoms with Crippen LogP contribution in [0.25, 0.3) is 11.3 Å². The van der Waals surface area contributed by atoms with Gasteiger partial charge in [0.05, 0.1) is 0 Å². The van der Waals surface area contributed by atoms with Crippen molar-refractivity contribution in [3.05, 3.63) is 29.4 Å². The summed E-state index contributed by atoms with van der Waals surface area (Å²) in [5.41, 5.74) is 0.842. The van der Waals surface area contributed by atoms with Crippen molar-refractivity contribution in [3.8, 4) is 17.0 Å². The molecule has 0 aliphatic heterocycles. The topological polar surface area (TPSA) is 46.0 Å². The average Bonchev–Trinajstić information content (AvgIpc) is 2.56. The highest BCUT2D eigenvalue weighted by Gasteiger charge is 2.07. The summed E-state index contributed by atoms with van der Waals surface area (Å²) in [5, 5.41) is 14.3. The van der Waals surface area contributed by atoms with Crippen molar-refractivity contribution in [1.29, 1.82) is 0 Å². The third kappa shape index (κ3) is 1.50. The van der Waals surface area contributed by atoms with Crippen molar-refractivity contribution in [2.24, 2.45) is 0 Å². The van der Waals surface area contributed by atoms with Crippen LogP contribution >= 0.6 is 11.5 Å². The maximum atomic E-state index is 13.2. The first kappa shape index (κ1) is 8.12. The molecule has 1 aromatic heterocycles. The molecule has 5 heteroatoms. The summed E-state index contributed by atoms with van der Waals surface area (Å²) in [5.74, 6) is -0.586. The van der Waals surface area contributed by atoms with Gasteiger partial charge in [0.2, 0.25) is 0 Å². The van der Waals surface area contributed by atoms with Crippen LogP contribution < -0.4 is 0 Å². The number of halogens is 1. The van der Waals surface area contributed by atoms with Gasteiger partial charge < -0.3 is 5.11 Å². The van der Waals surface area contributed by atoms with E-state index < -0.39 is 5.82 Å². The van der Waals surface area contributed by atoms with Crippen LogP contribution in [0.2, 0.25) is 0 Å². The molecular weight excluding hydrogens is 191 g/mol. The Hall–Kier alpha value is -1.49. The van der Waals surface area contributed by atoms with E-state index in [9.17, 15) is 4.39 Å². The maximum absolute atomic E-state index is 13.2. The predicted octanol–water partition coefficient (Wildman–Crippen LogP) is 2.05. The van der Waals surface area contributed by atoms with E-state index in [-0.39, 0.29) is 5.75 Å². The van der Waals surface area contributed by atoms with E-state index in [0.29, 0.717) is 11.3 Å². The summed E-state index contributed by atoms with van der Waals surface area (Å²) in [6.07, 6.45) is 0. The predicted molar refractivity (Wildman–Crippen MR) is 47.0 cm³/mol. The summed E-state index contributed by atoms with van der Waals surface area (Å²) in [6.45, 7) is 0. The van der Waals surface area contributed by atoms with Crippen LogP contribution in [0.15, 0.2) is 23.6 Å². The molecule has 13 heavy (non-hydrogen) atoms. The molecule has 1 aromatic carbocycles. The van der Waals surface area contributed by atoms with Gasteiger partial charge in [-0.1, -0.05) is 4.49 Å². The second-order valence-electron chi connectivity index (χ2n) is 2.45. The van der Waals surface area contributed by atoms with Crippen molar-refractivity contribution < 1.29 is 9.50 Å². The van der Waals surface area contributed by atoms with Crippen LogP contribution in [0.5, 0.6) is 5.75 Å². The molecule has 1 N–H and O–H groups in total. The number of aromatic hydroxyl groups is 1. The first-order chi connectivity index (χ1) is 6.27. The monoisotopic (exact) mass is 196 g/mol. The number of hydrogen-bond donors (Lipinski definition) is 1. The molecule has 0 unspecified atom stereocenters. The van der Waals surface area contributed by atoms with Crippen molar-refractivity contribution in [2.75, 3.05) is 0 Å². The lowest BCUT2D eigenvalue weighted by molar-refractivity contribution is 0.469. The van der Waals surface area contributed by atoms with Gasteiger partial charge in [0.15, 0.2) is 0 Å². The summed E-state index contributed by atoms with van der Waals surface area (Å²) in [7, 11) is 0. The van der Waals surface area contributed by atoms with E-state index in [2.05, 4.69) is 9.59 Å². The van der Waals surface area contributed by atoms with E-state index in [0.717, 1.165) is 17.6 Å². The highest BCUT2D eigenvalue weighted by Crippen LogP contribution is 2.24. The minimum absolute atomic E-state index is 0.0931. The van der Waals surface area contributed by atoms with Crippen LogP contribution in [-0.4, -0.2) is 14.7 Å². The Morgan fingerprint density at radius 2 is 2.23 bits per heavy atom. The zero-order valence-electron chi connectivity index (χ0n) is 6.44. The quantitative estimate of drug-likeness (QED) is 0.759. The van der Waals surface area contributed by atoms with Crippen LogP contribution in [0.4, 0.5) is 4.39 Å². The zero-order chi connectivity index (χ0) is 9.26. The third-order valence-corrected chi connectivity index (χ3v) is 2.09. The zero-order valence-corrected chi connectivity index (χ0v) is 7.25. The van der Waals surface area contributed by atoms with Crippen LogP contribution in [0.3, 0.4) is 0 Å². The summed E-state index contributed by atoms with van der Waals surface area (Å²) >= 11 is 1.16. The largest absolute Gasteiger partial charge is 0.508 e. The van der Waals surface area contributed by atoms with E-state index in [1.165, 1.54) is 12.1 Å². The molecule has 0 bridgehead atoms. The summed E-state index contributed by atoms with van der Waals surface area (Å²) < 4.78 is 16.8. The normalized spacial score (nSPS) is 10.2. The molecule has 2 aromatic rings. The van der Waals surface area contributed by atoms with Gasteiger partial charge >= 0.3 is 0 Å². The third-order valence-electron chi connectivity index (χ3n) is 1.59. The lowest BCUT2D eigenvalue weighted by Gasteiger charge is -1.98. The van der Waals surface area contributed by atoms with E-state index in [1.54, 1.807) is 5.38 Å². The Balaban J connectivity index is 2.53. The number of benzene rings is 1. The molecule has 66 valence electrons. The highest BCUT2D eigenvalue weighted by atomic mass is 32.1. The van der Waals surface area contributed by atoms with Gasteiger partial charge in [0, 0.05) is 17.0 Å². The number of hydrogen-bond acceptors (Lipinski definition) is 4. The number of nitrogens with zero attached hydrogens (tertiary/aromatic N) is 2. The van der Waals surface area contributed by atoms with Crippen molar-refractivity contribution in [1.82, 2.24) is 9.59 Å². The van der Waals surface area contributed by atoms with Gasteiger partial charge in [0.1, 0.15) is 17.3 Å². The molecule has 0 atom stereocenters. The van der Waals surface area contributed by atoms with Gasteiger partial charge in [0.25, 0.3) is 0 Å². The highest BCUT2D eigenvalue weighted by molar-refractivity contribution is 7.03. The molecule has 0 aliphatic rings. The second kappa shape index (κ2) is 3.10. The van der Waals surface area contributed by atoms with Crippen molar-refractivity contribution in [3.63, 3.8) is 0 Å². The molecule has 0 spiro atoms.